The van der Waals surface area contributed by atoms with Gasteiger partial charge in [-0.3, -0.25) is 10.1 Å². The van der Waals surface area contributed by atoms with Gasteiger partial charge in [-0.25, -0.2) is 4.98 Å². The van der Waals surface area contributed by atoms with E-state index >= 15 is 0 Å². The third-order valence-electron chi connectivity index (χ3n) is 3.86. The minimum atomic E-state index is -0.217. The third-order valence-corrected chi connectivity index (χ3v) is 4.92. The Morgan fingerprint density at radius 2 is 1.74 bits per heavy atom. The van der Waals surface area contributed by atoms with Crippen molar-refractivity contribution >= 4 is 22.4 Å². The molecule has 1 N–H and O–H groups in total. The number of amides is 1. The molecule has 5 nitrogen and oxygen atoms in total. The number of nitrogens with zero attached hydrogens (tertiary/aromatic N) is 1. The van der Waals surface area contributed by atoms with Gasteiger partial charge in [-0.1, -0.05) is 72.0 Å². The van der Waals surface area contributed by atoms with Gasteiger partial charge in [0.1, 0.15) is 6.61 Å². The number of carbonyl (C=O) groups is 1. The normalized spacial score (nSPS) is 10.7. The number of nitrogens with one attached hydrogen (secondary N) is 1. The standard InChI is InChI=1S/C21H22N2O3S/c1-25-12-13-26-15-19(24)23-21-22-18(14-16-8-4-2-5-9-16)20(27-21)17-10-6-3-7-11-17/h2-11H,12-15H2,1H3,(H,22,23,24). The molecule has 0 spiro atoms. The van der Waals surface area contributed by atoms with Crippen LogP contribution >= 0.6 is 11.3 Å². The molecule has 0 atom stereocenters. The number of methoxy groups -OCH3 is 1. The average molecular weight is 382 g/mol. The van der Waals surface area contributed by atoms with E-state index in [-0.39, 0.29) is 12.5 Å². The van der Waals surface area contributed by atoms with E-state index in [0.717, 1.165) is 16.1 Å². The lowest BCUT2D eigenvalue weighted by atomic mass is 10.1. The maximum absolute atomic E-state index is 12.1. The molecule has 0 aliphatic carbocycles. The lowest BCUT2D eigenvalue weighted by Crippen LogP contribution is -2.19. The maximum atomic E-state index is 12.1. The second-order valence-corrected chi connectivity index (χ2v) is 6.92. The Balaban J connectivity index is 1.76. The molecule has 1 heterocycles. The van der Waals surface area contributed by atoms with E-state index in [1.807, 2.05) is 36.4 Å². The molecule has 1 amide bonds. The fourth-order valence-electron chi connectivity index (χ4n) is 2.59. The minimum absolute atomic E-state index is 0.0162. The number of ether oxygens (including phenoxy) is 2. The molecule has 0 fully saturated rings. The summed E-state index contributed by atoms with van der Waals surface area (Å²) >= 11 is 1.48. The molecule has 3 aromatic rings. The lowest BCUT2D eigenvalue weighted by Gasteiger charge is -2.03. The topological polar surface area (TPSA) is 60.5 Å². The van der Waals surface area contributed by atoms with Crippen molar-refractivity contribution in [3.05, 3.63) is 71.9 Å². The first kappa shape index (κ1) is 19.2. The van der Waals surface area contributed by atoms with E-state index < -0.39 is 0 Å². The monoisotopic (exact) mass is 382 g/mol. The molecule has 0 aliphatic heterocycles. The summed E-state index contributed by atoms with van der Waals surface area (Å²) in [7, 11) is 1.60. The second-order valence-electron chi connectivity index (χ2n) is 5.92. The van der Waals surface area contributed by atoms with Crippen molar-refractivity contribution in [3.8, 4) is 10.4 Å². The largest absolute Gasteiger partial charge is 0.382 e. The van der Waals surface area contributed by atoms with Crippen molar-refractivity contribution in [2.45, 2.75) is 6.42 Å². The van der Waals surface area contributed by atoms with E-state index in [1.165, 1.54) is 16.9 Å². The van der Waals surface area contributed by atoms with Crippen LogP contribution in [0.4, 0.5) is 5.13 Å². The van der Waals surface area contributed by atoms with E-state index in [9.17, 15) is 4.79 Å². The highest BCUT2D eigenvalue weighted by Gasteiger charge is 2.15. The van der Waals surface area contributed by atoms with Crippen molar-refractivity contribution in [2.75, 3.05) is 32.2 Å². The van der Waals surface area contributed by atoms with Crippen LogP contribution in [0.15, 0.2) is 60.7 Å². The first-order valence-corrected chi connectivity index (χ1v) is 9.53. The van der Waals surface area contributed by atoms with Crippen molar-refractivity contribution in [1.82, 2.24) is 4.98 Å². The molecule has 0 saturated heterocycles. The molecule has 6 heteroatoms. The summed E-state index contributed by atoms with van der Waals surface area (Å²) in [5, 5.41) is 3.42. The number of rotatable bonds is 9. The zero-order valence-corrected chi connectivity index (χ0v) is 16.0. The molecule has 0 saturated carbocycles. The van der Waals surface area contributed by atoms with Crippen LogP contribution in [0, 0.1) is 0 Å². The average Bonchev–Trinajstić information content (AvgIpc) is 3.09. The van der Waals surface area contributed by atoms with Gasteiger partial charge in [0.2, 0.25) is 0 Å². The van der Waals surface area contributed by atoms with Crippen LogP contribution in [-0.4, -0.2) is 37.8 Å². The third kappa shape index (κ3) is 5.72. The van der Waals surface area contributed by atoms with Gasteiger partial charge >= 0.3 is 0 Å². The number of aromatic nitrogens is 1. The Bertz CT molecular complexity index is 850. The summed E-state index contributed by atoms with van der Waals surface area (Å²) in [6.45, 7) is 0.831. The molecule has 0 bridgehead atoms. The van der Waals surface area contributed by atoms with Gasteiger partial charge in [-0.15, -0.1) is 0 Å². The van der Waals surface area contributed by atoms with Gasteiger partial charge in [0.15, 0.2) is 5.13 Å². The lowest BCUT2D eigenvalue weighted by molar-refractivity contribution is -0.121. The number of hydrogen-bond donors (Lipinski definition) is 1. The van der Waals surface area contributed by atoms with Gasteiger partial charge < -0.3 is 9.47 Å². The minimum Gasteiger partial charge on any atom is -0.382 e. The van der Waals surface area contributed by atoms with Crippen molar-refractivity contribution in [1.29, 1.82) is 0 Å². The zero-order valence-electron chi connectivity index (χ0n) is 15.2. The van der Waals surface area contributed by atoms with Gasteiger partial charge in [0.05, 0.1) is 23.8 Å². The number of benzene rings is 2. The van der Waals surface area contributed by atoms with Gasteiger partial charge in [-0.2, -0.15) is 0 Å². The summed E-state index contributed by atoms with van der Waals surface area (Å²) in [6, 6.07) is 20.3. The molecular weight excluding hydrogens is 360 g/mol. The van der Waals surface area contributed by atoms with E-state index in [0.29, 0.717) is 24.8 Å². The predicted octanol–water partition coefficient (Wildman–Crippen LogP) is 4.00. The summed E-state index contributed by atoms with van der Waals surface area (Å²) in [5.74, 6) is -0.217. The Morgan fingerprint density at radius 1 is 1.04 bits per heavy atom. The molecule has 0 aliphatic rings. The highest BCUT2D eigenvalue weighted by molar-refractivity contribution is 7.19. The fourth-order valence-corrected chi connectivity index (χ4v) is 3.60. The molecule has 3 rings (SSSR count). The Labute approximate surface area is 163 Å². The Hall–Kier alpha value is -2.54. The van der Waals surface area contributed by atoms with Crippen molar-refractivity contribution in [3.63, 3.8) is 0 Å². The molecule has 27 heavy (non-hydrogen) atoms. The van der Waals surface area contributed by atoms with Gasteiger partial charge in [0, 0.05) is 13.5 Å². The van der Waals surface area contributed by atoms with Gasteiger partial charge in [0.25, 0.3) is 5.91 Å². The number of hydrogen-bond acceptors (Lipinski definition) is 5. The van der Waals surface area contributed by atoms with E-state index in [4.69, 9.17) is 9.47 Å². The predicted molar refractivity (Wildman–Crippen MR) is 108 cm³/mol. The van der Waals surface area contributed by atoms with Crippen LogP contribution < -0.4 is 5.32 Å². The van der Waals surface area contributed by atoms with Crippen LogP contribution in [0.1, 0.15) is 11.3 Å². The molecule has 1 aromatic heterocycles. The molecule has 140 valence electrons. The first-order chi connectivity index (χ1) is 13.3. The van der Waals surface area contributed by atoms with Crippen LogP contribution in [-0.2, 0) is 20.7 Å². The molecule has 0 radical (unpaired) electrons. The highest BCUT2D eigenvalue weighted by atomic mass is 32.1. The summed E-state index contributed by atoms with van der Waals surface area (Å²) < 4.78 is 10.2. The summed E-state index contributed by atoms with van der Waals surface area (Å²) in [5.41, 5.74) is 3.23. The molecule has 2 aromatic carbocycles. The molecular formula is C21H22N2O3S. The maximum Gasteiger partial charge on any atom is 0.252 e. The second kappa shape index (κ2) is 9.97. The SMILES string of the molecule is COCCOCC(=O)Nc1nc(Cc2ccccc2)c(-c2ccccc2)s1. The van der Waals surface area contributed by atoms with E-state index in [2.05, 4.69) is 34.6 Å². The quantitative estimate of drug-likeness (QED) is 0.568. The van der Waals surface area contributed by atoms with Crippen LogP contribution in [0.2, 0.25) is 0 Å². The number of thiazole rings is 1. The van der Waals surface area contributed by atoms with Crippen LogP contribution in [0.5, 0.6) is 0 Å². The van der Waals surface area contributed by atoms with Gasteiger partial charge in [-0.05, 0) is 11.1 Å². The van der Waals surface area contributed by atoms with Crippen LogP contribution in [0.25, 0.3) is 10.4 Å². The Morgan fingerprint density at radius 3 is 2.44 bits per heavy atom. The number of anilines is 1. The first-order valence-electron chi connectivity index (χ1n) is 8.72. The number of carbonyl (C=O) groups excluding carboxylic acids is 1. The van der Waals surface area contributed by atoms with Crippen LogP contribution in [0.3, 0.4) is 0 Å². The molecule has 0 unspecified atom stereocenters. The Kier molecular flexibility index (Phi) is 7.10. The van der Waals surface area contributed by atoms with Crippen molar-refractivity contribution in [2.24, 2.45) is 0 Å². The smallest absolute Gasteiger partial charge is 0.252 e. The zero-order chi connectivity index (χ0) is 18.9. The van der Waals surface area contributed by atoms with E-state index in [1.54, 1.807) is 7.11 Å². The summed E-state index contributed by atoms with van der Waals surface area (Å²) in [4.78, 5) is 17.8. The fraction of sp³-hybridized carbons (Fsp3) is 0.238. The highest BCUT2D eigenvalue weighted by Crippen LogP contribution is 2.34. The van der Waals surface area contributed by atoms with Crippen molar-refractivity contribution < 1.29 is 14.3 Å². The summed E-state index contributed by atoms with van der Waals surface area (Å²) in [6.07, 6.45) is 0.710.